The van der Waals surface area contributed by atoms with Crippen LogP contribution in [0.4, 0.5) is 10.1 Å². The van der Waals surface area contributed by atoms with Crippen molar-refractivity contribution in [2.45, 2.75) is 75.3 Å². The van der Waals surface area contributed by atoms with E-state index >= 15 is 0 Å². The fourth-order valence-electron chi connectivity index (χ4n) is 6.49. The van der Waals surface area contributed by atoms with Crippen molar-refractivity contribution in [3.05, 3.63) is 106 Å². The van der Waals surface area contributed by atoms with Crippen LogP contribution in [0.15, 0.2) is 72.0 Å². The number of carbonyl (C=O) groups is 5. The molecule has 1 aliphatic heterocycles. The maximum absolute atomic E-state index is 14.9. The van der Waals surface area contributed by atoms with E-state index < -0.39 is 17.6 Å². The topological polar surface area (TPSA) is 248 Å². The summed E-state index contributed by atoms with van der Waals surface area (Å²) < 4.78 is 22.4. The smallest absolute Gasteiger partial charge is 0.272 e. The summed E-state index contributed by atoms with van der Waals surface area (Å²) in [5.74, 6) is -1.91. The minimum atomic E-state index is -0.669. The molecule has 388 valence electrons. The van der Waals surface area contributed by atoms with Gasteiger partial charge in [0.1, 0.15) is 12.6 Å². The standard InChI is InChI=1S/C38H40FN10O6.C5H11NO.2C2H6.CH2O.CH4.Fm/c1-2-46-21-33(43-23-46)26-19-31(40)35(42-20-26)37(53)41-9-15-55-16-14-47(24-50)22-34(51)48-10-12-49(13-11-48)38(54)29-17-25(7-8-30(29)39)18-32-27-5-3-4-6-28(27)36(52)45-44-32;1-3-4-6-5(2)7;3*1-2;;/h3-8,17,19-21,23H,2,9-16,18,22,40H2,1H3,(H,41,53)(H,45,52);3-4H2,1-2H3,(H,6,7);2*1-2H3;1H2;1H4;/q-1;;;;;;. The maximum atomic E-state index is 14.9. The number of hydrogen-bond acceptors (Lipinski definition) is 12. The molecule has 70 heavy (non-hydrogen) atoms. The summed E-state index contributed by atoms with van der Waals surface area (Å²) in [5.41, 5.74) is 8.59. The third kappa shape index (κ3) is 18.4. The summed E-state index contributed by atoms with van der Waals surface area (Å²) in [6.07, 6.45) is 8.14. The monoisotopic (exact) mass is 1220 g/mol. The van der Waals surface area contributed by atoms with Crippen LogP contribution in [0.3, 0.4) is 0 Å². The van der Waals surface area contributed by atoms with Gasteiger partial charge in [0.2, 0.25) is 11.8 Å². The number of piperazine rings is 1. The molecule has 21 heteroatoms. The molecule has 4 heterocycles. The number of halogens is 1. The summed E-state index contributed by atoms with van der Waals surface area (Å²) in [6, 6.07) is 13.0. The van der Waals surface area contributed by atoms with Crippen molar-refractivity contribution in [3.8, 4) is 11.3 Å². The van der Waals surface area contributed by atoms with Gasteiger partial charge in [-0.1, -0.05) is 66.3 Å². The number of imidazole rings is 1. The van der Waals surface area contributed by atoms with E-state index in [2.05, 4.69) is 30.8 Å². The molecule has 6 rings (SSSR count). The number of nitrogens with zero attached hydrogens (tertiary/aromatic N) is 7. The predicted octanol–water partition coefficient (Wildman–Crippen LogP) is 4.65. The third-order valence-corrected chi connectivity index (χ3v) is 9.87. The second-order valence-corrected chi connectivity index (χ2v) is 14.3. The van der Waals surface area contributed by atoms with Crippen molar-refractivity contribution < 1.29 is 37.9 Å². The molecule has 0 unspecified atom stereocenters. The molecule has 0 atom stereocenters. The molecule has 0 saturated carbocycles. The van der Waals surface area contributed by atoms with Gasteiger partial charge in [0.15, 0.2) is 5.69 Å². The van der Waals surface area contributed by atoms with E-state index in [1.165, 1.54) is 35.1 Å². The Bertz CT molecular complexity index is 2440. The van der Waals surface area contributed by atoms with Gasteiger partial charge in [-0.2, -0.15) is 11.5 Å². The Morgan fingerprint density at radius 3 is 2.17 bits per heavy atom. The first kappa shape index (κ1) is 61.7. The minimum absolute atomic E-state index is 0. The molecular formula is C49H69FFmN11O8-. The van der Waals surface area contributed by atoms with Crippen LogP contribution >= 0.6 is 0 Å². The summed E-state index contributed by atoms with van der Waals surface area (Å²) in [6.45, 7) is 18.1. The molecule has 1 fully saturated rings. The van der Waals surface area contributed by atoms with Gasteiger partial charge in [-0.3, -0.25) is 24.0 Å². The van der Waals surface area contributed by atoms with Gasteiger partial charge in [0, 0.05) is 89.0 Å². The number of pyridine rings is 1. The molecule has 19 nitrogen and oxygen atoms in total. The van der Waals surface area contributed by atoms with Crippen molar-refractivity contribution in [3.63, 3.8) is 0 Å². The number of ether oxygens (including phenoxy) is 1. The van der Waals surface area contributed by atoms with Crippen LogP contribution in [0, 0.1) is 5.82 Å². The molecule has 5 amide bonds. The number of anilines is 1. The van der Waals surface area contributed by atoms with Gasteiger partial charge < -0.3 is 50.0 Å². The SMILES string of the molecule is C.C=O.CC.CC.CCCNC(C)=O.CCn1cnc(-c2cnc(C(=O)NCCOCCN([C-]=O)CC(=O)N3CCN(C(=O)c4cc(Cc5n[nH]c(=O)c6ccccc56)ccc4F)CC3)c(N)c2)c1.[Fm]. The Balaban J connectivity index is 0.00000286. The van der Waals surface area contributed by atoms with Crippen molar-refractivity contribution in [2.75, 3.05) is 71.3 Å². The van der Waals surface area contributed by atoms with E-state index in [0.29, 0.717) is 33.3 Å². The van der Waals surface area contributed by atoms with Gasteiger partial charge in [-0.15, -0.1) is 0 Å². The molecule has 0 spiro atoms. The quantitative estimate of drug-likeness (QED) is 0.0565. The molecule has 2 aromatic carbocycles. The number of H-pyrrole nitrogens is 1. The number of aromatic amines is 1. The van der Waals surface area contributed by atoms with E-state index in [4.69, 9.17) is 15.3 Å². The van der Waals surface area contributed by atoms with E-state index in [1.54, 1.807) is 49.1 Å². The molecule has 0 aliphatic carbocycles. The summed E-state index contributed by atoms with van der Waals surface area (Å²) in [4.78, 5) is 93.5. The van der Waals surface area contributed by atoms with Crippen LogP contribution in [0.2, 0.25) is 0 Å². The van der Waals surface area contributed by atoms with E-state index in [1.807, 2.05) is 59.1 Å². The number of nitrogens with one attached hydrogen (secondary N) is 3. The average Bonchev–Trinajstić information content (AvgIpc) is 3.87. The van der Waals surface area contributed by atoms with E-state index in [-0.39, 0.29) is 107 Å². The van der Waals surface area contributed by atoms with Gasteiger partial charge in [0.05, 0.1) is 54.1 Å². The first-order valence-corrected chi connectivity index (χ1v) is 22.5. The number of benzene rings is 2. The zero-order valence-electron chi connectivity index (χ0n) is 40.4. The maximum Gasteiger partial charge on any atom is 0.272 e. The number of carbonyl (C=O) groups excluding carboxylic acids is 6. The summed E-state index contributed by atoms with van der Waals surface area (Å²) in [7, 11) is 0. The van der Waals surface area contributed by atoms with Gasteiger partial charge >= 0.3 is 0 Å². The van der Waals surface area contributed by atoms with Crippen molar-refractivity contribution in [1.82, 2.24) is 50.1 Å². The van der Waals surface area contributed by atoms with Crippen molar-refractivity contribution in [2.24, 2.45) is 0 Å². The second-order valence-electron chi connectivity index (χ2n) is 14.3. The normalized spacial score (nSPS) is 11.1. The first-order chi connectivity index (χ1) is 32.9. The minimum Gasteiger partial charge on any atom is -0.520 e. The van der Waals surface area contributed by atoms with Crippen molar-refractivity contribution >= 4 is 53.3 Å². The largest absolute Gasteiger partial charge is 0.520 e. The van der Waals surface area contributed by atoms with Gasteiger partial charge in [0.25, 0.3) is 17.4 Å². The van der Waals surface area contributed by atoms with Crippen LogP contribution in [0.1, 0.15) is 94.4 Å². The number of rotatable bonds is 17. The molecule has 3 aromatic heterocycles. The zero-order chi connectivity index (χ0) is 50.6. The Labute approximate surface area is 404 Å². The molecule has 0 radical (unpaired) electrons. The fraction of sp³-hybridized carbons (Fsp3) is 0.429. The number of fused-ring (bicyclic) bond motifs is 1. The van der Waals surface area contributed by atoms with E-state index in [0.717, 1.165) is 24.4 Å². The Morgan fingerprint density at radius 1 is 0.929 bits per heavy atom. The van der Waals surface area contributed by atoms with Crippen LogP contribution in [0.25, 0.3) is 22.0 Å². The van der Waals surface area contributed by atoms with Gasteiger partial charge in [-0.25, -0.2) is 19.5 Å². The van der Waals surface area contributed by atoms with E-state index in [9.17, 15) is 33.2 Å². The first-order valence-electron chi connectivity index (χ1n) is 22.5. The summed E-state index contributed by atoms with van der Waals surface area (Å²) in [5, 5.41) is 13.2. The van der Waals surface area contributed by atoms with Crippen LogP contribution in [-0.4, -0.2) is 142 Å². The molecule has 1 aliphatic rings. The Morgan fingerprint density at radius 2 is 1.59 bits per heavy atom. The van der Waals surface area contributed by atoms with Crippen LogP contribution < -0.4 is 21.9 Å². The molecule has 1 saturated heterocycles. The third-order valence-electron chi connectivity index (χ3n) is 9.87. The molecule has 0 bridgehead atoms. The summed E-state index contributed by atoms with van der Waals surface area (Å²) >= 11 is 0. The van der Waals surface area contributed by atoms with Crippen LogP contribution in [-0.2, 0) is 36.9 Å². The molecule has 5 N–H and O–H groups in total. The number of amides is 5. The molecular weight excluding hydrogens is 1150 g/mol. The zero-order valence-corrected chi connectivity index (χ0v) is 42.8. The van der Waals surface area contributed by atoms with Crippen LogP contribution in [0.5, 0.6) is 0 Å². The average molecular weight is 1220 g/mol. The number of nitrogen functional groups attached to an aromatic ring is 1. The number of aromatic nitrogens is 5. The van der Waals surface area contributed by atoms with Gasteiger partial charge in [-0.05, 0) is 43.2 Å². The molecule has 5 aromatic rings. The fourth-order valence-corrected chi connectivity index (χ4v) is 6.49. The predicted molar refractivity (Wildman–Crippen MR) is 266 cm³/mol. The number of aryl methyl sites for hydroxylation is 1. The number of hydrogen-bond donors (Lipinski definition) is 4. The Kier molecular flexibility index (Phi) is 29.2. The van der Waals surface area contributed by atoms with Crippen molar-refractivity contribution in [1.29, 1.82) is 0 Å². The number of nitrogens with two attached hydrogens (primary N) is 1. The Hall–Kier alpha value is -8.35. The second kappa shape index (κ2) is 33.2.